The van der Waals surface area contributed by atoms with E-state index in [9.17, 15) is 4.79 Å². The Labute approximate surface area is 141 Å². The fraction of sp³-hybridized carbons (Fsp3) is 0.0455. The Hall–Kier alpha value is -4.93. The van der Waals surface area contributed by atoms with Gasteiger partial charge in [0.15, 0.2) is 0 Å². The third-order valence-corrected chi connectivity index (χ3v) is 1.36. The molecule has 0 atom stereocenters. The molecule has 1 N–H and O–H groups in total. The van der Waals surface area contributed by atoms with Gasteiger partial charge in [0.1, 0.15) is 0 Å². The molecule has 0 fully saturated rings. The topological polar surface area (TPSA) is 37.3 Å². The lowest BCUT2D eigenvalue weighted by molar-refractivity contribution is -0.130. The number of carboxylic acid groups (broad SMARTS) is 1. The summed E-state index contributed by atoms with van der Waals surface area (Å²) in [5, 5.41) is 8.21. The molecule has 0 bridgehead atoms. The van der Waals surface area contributed by atoms with Gasteiger partial charge in [0.25, 0.3) is 0 Å². The maximum Gasteiger partial charge on any atom is 0.382 e. The first kappa shape index (κ1) is 19.1. The average molecular weight is 300 g/mol. The first-order valence-electron chi connectivity index (χ1n) is 5.93. The smallest absolute Gasteiger partial charge is 0.382 e. The molecule has 2 heteroatoms. The molecular weight excluding hydrogens is 296 g/mol. The second kappa shape index (κ2) is 16.1. The molecule has 2 nitrogen and oxygen atoms in total. The lowest BCUT2D eigenvalue weighted by Crippen LogP contribution is -1.85. The molecular formula is C22H4O2. The van der Waals surface area contributed by atoms with Crippen LogP contribution in [0.15, 0.2) is 0 Å². The first-order valence-corrected chi connectivity index (χ1v) is 5.93. The number of aliphatic carboxylic acids is 1. The molecule has 0 amide bonds. The Balaban J connectivity index is 4.40. The van der Waals surface area contributed by atoms with Crippen molar-refractivity contribution in [1.82, 2.24) is 0 Å². The molecule has 24 heavy (non-hydrogen) atoms. The van der Waals surface area contributed by atoms with E-state index in [1.54, 1.807) is 6.92 Å². The first-order chi connectivity index (χ1) is 11.8. The second-order valence-corrected chi connectivity index (χ2v) is 2.93. The summed E-state index contributed by atoms with van der Waals surface area (Å²) in [7, 11) is 0. The predicted octanol–water partition coefficient (Wildman–Crippen LogP) is 0.125. The van der Waals surface area contributed by atoms with Crippen molar-refractivity contribution in [3.8, 4) is 118 Å². The number of carboxylic acids is 1. The molecule has 0 aromatic heterocycles. The van der Waals surface area contributed by atoms with E-state index in [-0.39, 0.29) is 0 Å². The highest BCUT2D eigenvalue weighted by Crippen LogP contribution is 1.59. The lowest BCUT2D eigenvalue weighted by atomic mass is 10.4. The number of hydrogen-bond donors (Lipinski definition) is 1. The second-order valence-electron chi connectivity index (χ2n) is 2.93. The quantitative estimate of drug-likeness (QED) is 0.646. The Bertz CT molecular complexity index is 1130. The van der Waals surface area contributed by atoms with E-state index in [4.69, 9.17) is 5.11 Å². The highest BCUT2D eigenvalue weighted by Gasteiger charge is 1.78. The van der Waals surface area contributed by atoms with Crippen molar-refractivity contribution in [3.63, 3.8) is 0 Å². The van der Waals surface area contributed by atoms with Crippen LogP contribution in [0.4, 0.5) is 0 Å². The van der Waals surface area contributed by atoms with Crippen LogP contribution >= 0.6 is 0 Å². The van der Waals surface area contributed by atoms with Crippen molar-refractivity contribution >= 4 is 5.97 Å². The minimum absolute atomic E-state index is 1.25. The Morgan fingerprint density at radius 2 is 0.750 bits per heavy atom. The maximum absolute atomic E-state index is 10.0. The van der Waals surface area contributed by atoms with E-state index < -0.39 is 5.97 Å². The standard InChI is InChI=1S/C22H4O2/c1-2-3-4-5-6-7-8-9-10-11-12-13-14-15-16-17-18-19-20-21-22(23)24/h1H3,(H,23,24). The molecule has 0 unspecified atom stereocenters. The lowest BCUT2D eigenvalue weighted by Gasteiger charge is -1.63. The monoisotopic (exact) mass is 300 g/mol. The number of rotatable bonds is 0. The van der Waals surface area contributed by atoms with E-state index in [1.807, 2.05) is 5.92 Å². The van der Waals surface area contributed by atoms with Crippen LogP contribution in [0.3, 0.4) is 0 Å². The minimum atomic E-state index is -1.25. The zero-order valence-corrected chi connectivity index (χ0v) is 12.4. The predicted molar refractivity (Wildman–Crippen MR) is 91.1 cm³/mol. The molecule has 0 aromatic carbocycles. The van der Waals surface area contributed by atoms with Crippen LogP contribution in [0.5, 0.6) is 0 Å². The third-order valence-electron chi connectivity index (χ3n) is 1.36. The maximum atomic E-state index is 10.0. The SMILES string of the molecule is CC#CC#CC#CC#CC#CC#CC#CC#CC#CC#CC(=O)O. The van der Waals surface area contributed by atoms with Crippen molar-refractivity contribution < 1.29 is 9.90 Å². The molecule has 0 aliphatic rings. The minimum Gasteiger partial charge on any atom is -0.472 e. The molecule has 0 radical (unpaired) electrons. The van der Waals surface area contributed by atoms with Gasteiger partial charge in [0.2, 0.25) is 0 Å². The van der Waals surface area contributed by atoms with Gasteiger partial charge in [-0.1, -0.05) is 5.92 Å². The van der Waals surface area contributed by atoms with Crippen molar-refractivity contribution in [3.05, 3.63) is 0 Å². The summed E-state index contributed by atoms with van der Waals surface area (Å²) >= 11 is 0. The Morgan fingerprint density at radius 3 is 1.00 bits per heavy atom. The van der Waals surface area contributed by atoms with Crippen LogP contribution in [-0.2, 0) is 4.79 Å². The van der Waals surface area contributed by atoms with Gasteiger partial charge in [0, 0.05) is 17.8 Å². The fourth-order valence-corrected chi connectivity index (χ4v) is 0.647. The van der Waals surface area contributed by atoms with Gasteiger partial charge in [-0.3, -0.25) is 0 Å². The van der Waals surface area contributed by atoms with Gasteiger partial charge >= 0.3 is 5.97 Å². The van der Waals surface area contributed by atoms with Crippen LogP contribution in [0, 0.1) is 118 Å². The number of hydrogen-bond acceptors (Lipinski definition) is 1. The summed E-state index contributed by atoms with van der Waals surface area (Å²) < 4.78 is 0. The Morgan fingerprint density at radius 1 is 0.500 bits per heavy atom. The molecule has 0 heterocycles. The average Bonchev–Trinajstić information content (AvgIpc) is 2.56. The van der Waals surface area contributed by atoms with Gasteiger partial charge in [-0.15, -0.1) is 0 Å². The third kappa shape index (κ3) is 17.1. The van der Waals surface area contributed by atoms with Crippen LogP contribution in [-0.4, -0.2) is 11.1 Å². The summed E-state index contributed by atoms with van der Waals surface area (Å²) in [4.78, 5) is 10.0. The summed E-state index contributed by atoms with van der Waals surface area (Å²) in [6.07, 6.45) is 0. The highest BCUT2D eigenvalue weighted by molar-refractivity contribution is 5.87. The normalized spacial score (nSPS) is 4.38. The molecule has 0 aliphatic heterocycles. The van der Waals surface area contributed by atoms with Crippen LogP contribution in [0.2, 0.25) is 0 Å². The van der Waals surface area contributed by atoms with E-state index in [0.717, 1.165) is 0 Å². The van der Waals surface area contributed by atoms with Gasteiger partial charge in [-0.2, -0.15) is 0 Å². The zero-order chi connectivity index (χ0) is 17.7. The summed E-state index contributed by atoms with van der Waals surface area (Å²) in [5.74, 6) is 46.7. The molecule has 0 saturated carbocycles. The van der Waals surface area contributed by atoms with Gasteiger partial charge in [-0.05, 0) is 102 Å². The Kier molecular flexibility index (Phi) is 12.8. The summed E-state index contributed by atoms with van der Waals surface area (Å²) in [6.45, 7) is 1.68. The van der Waals surface area contributed by atoms with Crippen LogP contribution in [0.1, 0.15) is 6.92 Å². The van der Waals surface area contributed by atoms with Gasteiger partial charge < -0.3 is 5.11 Å². The zero-order valence-electron chi connectivity index (χ0n) is 12.4. The largest absolute Gasteiger partial charge is 0.472 e. The van der Waals surface area contributed by atoms with E-state index in [2.05, 4.69) is 112 Å². The van der Waals surface area contributed by atoms with Crippen molar-refractivity contribution in [2.45, 2.75) is 6.92 Å². The molecule has 104 valence electrons. The highest BCUT2D eigenvalue weighted by atomic mass is 16.4. The van der Waals surface area contributed by atoms with Crippen LogP contribution in [0.25, 0.3) is 0 Å². The van der Waals surface area contributed by atoms with Gasteiger partial charge in [-0.25, -0.2) is 4.79 Å². The molecule has 0 aliphatic carbocycles. The molecule has 0 rings (SSSR count). The molecule has 0 saturated heterocycles. The summed E-state index contributed by atoms with van der Waals surface area (Å²) in [5.41, 5.74) is 0. The van der Waals surface area contributed by atoms with E-state index in [1.165, 1.54) is 0 Å². The van der Waals surface area contributed by atoms with Crippen molar-refractivity contribution in [2.24, 2.45) is 0 Å². The molecule has 0 aromatic rings. The molecule has 0 spiro atoms. The van der Waals surface area contributed by atoms with Crippen molar-refractivity contribution in [2.75, 3.05) is 0 Å². The van der Waals surface area contributed by atoms with Crippen LogP contribution < -0.4 is 0 Å². The number of carbonyl (C=O) groups is 1. The van der Waals surface area contributed by atoms with Crippen molar-refractivity contribution in [1.29, 1.82) is 0 Å². The van der Waals surface area contributed by atoms with E-state index >= 15 is 0 Å². The summed E-state index contributed by atoms with van der Waals surface area (Å²) in [6, 6.07) is 0. The van der Waals surface area contributed by atoms with Gasteiger partial charge in [0.05, 0.1) is 0 Å². The van der Waals surface area contributed by atoms with E-state index in [0.29, 0.717) is 0 Å². The fourth-order valence-electron chi connectivity index (χ4n) is 0.647.